The zero-order chi connectivity index (χ0) is 20.6. The number of aryl methyl sites for hydroxylation is 4. The minimum Gasteiger partial charge on any atom is -0.379 e. The van der Waals surface area contributed by atoms with E-state index in [2.05, 4.69) is 81.1 Å². The zero-order valence-corrected chi connectivity index (χ0v) is 18.0. The Bertz CT molecular complexity index is 1300. The highest BCUT2D eigenvalue weighted by Gasteiger charge is 2.45. The molecule has 0 spiro atoms. The predicted octanol–water partition coefficient (Wildman–Crippen LogP) is 4.38. The highest BCUT2D eigenvalue weighted by Crippen LogP contribution is 2.44. The lowest BCUT2D eigenvalue weighted by molar-refractivity contribution is 0.934. The van der Waals surface area contributed by atoms with E-state index in [9.17, 15) is 0 Å². The van der Waals surface area contributed by atoms with E-state index in [1.54, 1.807) is 0 Å². The maximum Gasteiger partial charge on any atom is 0.332 e. The molecule has 0 atom stereocenters. The van der Waals surface area contributed by atoms with Gasteiger partial charge in [-0.25, -0.2) is 0 Å². The van der Waals surface area contributed by atoms with Crippen molar-refractivity contribution in [3.05, 3.63) is 82.6 Å². The Hall–Kier alpha value is -3.14. The Morgan fingerprint density at radius 3 is 2.27 bits per heavy atom. The molecule has 0 radical (unpaired) electrons. The van der Waals surface area contributed by atoms with Crippen LogP contribution in [0.1, 0.15) is 41.2 Å². The van der Waals surface area contributed by atoms with Crippen LogP contribution in [0.4, 0.5) is 5.69 Å². The minimum absolute atomic E-state index is 0.122. The first kappa shape index (κ1) is 17.7. The molecule has 4 heteroatoms. The lowest BCUT2D eigenvalue weighted by Crippen LogP contribution is -2.63. The fraction of sp³-hybridized carbons (Fsp3) is 0.231. The second kappa shape index (κ2) is 6.18. The third-order valence-electron chi connectivity index (χ3n) is 6.74. The Morgan fingerprint density at radius 1 is 0.833 bits per heavy atom. The van der Waals surface area contributed by atoms with E-state index in [-0.39, 0.29) is 6.85 Å². The average Bonchev–Trinajstić information content (AvgIpc) is 2.73. The van der Waals surface area contributed by atoms with E-state index in [0.717, 1.165) is 35.6 Å². The molecule has 0 amide bonds. The molecule has 146 valence electrons. The van der Waals surface area contributed by atoms with Crippen LogP contribution in [0.5, 0.6) is 0 Å². The van der Waals surface area contributed by atoms with E-state index < -0.39 is 0 Å². The standard InChI is InChI=1S/C26H24BN3/c1-15-13-21-19-9-5-7-11-23(19)30-24-12-8-6-10-20(24)22-14-16(2)29-18(4)26(22)27(30)25(21)17(3)28-15/h5-7,9-11,13-14H,8,12H2,1-4H3. The molecule has 3 aliphatic rings. The summed E-state index contributed by atoms with van der Waals surface area (Å²) in [7, 11) is 0. The van der Waals surface area contributed by atoms with Gasteiger partial charge in [-0.2, -0.15) is 0 Å². The molecule has 0 N–H and O–H groups in total. The molecular formula is C26H24BN3. The van der Waals surface area contributed by atoms with Gasteiger partial charge in [-0.15, -0.1) is 0 Å². The number of allylic oxidation sites excluding steroid dienone is 4. The summed E-state index contributed by atoms with van der Waals surface area (Å²) in [6.07, 6.45) is 6.78. The van der Waals surface area contributed by atoms with Gasteiger partial charge >= 0.3 is 6.85 Å². The molecule has 6 rings (SSSR count). The van der Waals surface area contributed by atoms with E-state index in [4.69, 9.17) is 9.97 Å². The van der Waals surface area contributed by atoms with Gasteiger partial charge in [-0.3, -0.25) is 9.97 Å². The van der Waals surface area contributed by atoms with Crippen molar-refractivity contribution in [1.82, 2.24) is 9.97 Å². The number of aromatic nitrogens is 2. The van der Waals surface area contributed by atoms with Gasteiger partial charge in [0.25, 0.3) is 0 Å². The Balaban J connectivity index is 1.79. The Labute approximate surface area is 178 Å². The van der Waals surface area contributed by atoms with Crippen LogP contribution in [0.25, 0.3) is 16.7 Å². The fourth-order valence-electron chi connectivity index (χ4n) is 5.71. The van der Waals surface area contributed by atoms with Crippen LogP contribution in [-0.2, 0) is 0 Å². The molecular weight excluding hydrogens is 365 g/mol. The van der Waals surface area contributed by atoms with Crippen molar-refractivity contribution in [1.29, 1.82) is 0 Å². The van der Waals surface area contributed by atoms with Gasteiger partial charge in [-0.1, -0.05) is 30.4 Å². The first-order chi connectivity index (χ1) is 14.5. The van der Waals surface area contributed by atoms with Crippen LogP contribution < -0.4 is 15.7 Å². The molecule has 0 unspecified atom stereocenters. The fourth-order valence-corrected chi connectivity index (χ4v) is 5.71. The summed E-state index contributed by atoms with van der Waals surface area (Å²) in [5.41, 5.74) is 15.1. The molecule has 1 aliphatic carbocycles. The van der Waals surface area contributed by atoms with Crippen LogP contribution in [0.15, 0.2) is 54.2 Å². The number of fused-ring (bicyclic) bond motifs is 10. The minimum atomic E-state index is 0.122. The Kier molecular flexibility index (Phi) is 3.65. The van der Waals surface area contributed by atoms with Gasteiger partial charge in [0.05, 0.1) is 0 Å². The molecule has 3 aromatic rings. The summed E-state index contributed by atoms with van der Waals surface area (Å²) in [4.78, 5) is 12.4. The van der Waals surface area contributed by atoms with Gasteiger partial charge < -0.3 is 4.81 Å². The lowest BCUT2D eigenvalue weighted by atomic mass is 9.42. The monoisotopic (exact) mass is 389 g/mol. The zero-order valence-electron chi connectivity index (χ0n) is 18.0. The van der Waals surface area contributed by atoms with Gasteiger partial charge in [0.2, 0.25) is 0 Å². The average molecular weight is 389 g/mol. The van der Waals surface area contributed by atoms with Crippen LogP contribution >= 0.6 is 0 Å². The van der Waals surface area contributed by atoms with E-state index in [1.807, 2.05) is 0 Å². The molecule has 2 aromatic heterocycles. The number of pyridine rings is 2. The molecule has 2 aliphatic heterocycles. The van der Waals surface area contributed by atoms with Crippen molar-refractivity contribution >= 4 is 29.0 Å². The summed E-state index contributed by atoms with van der Waals surface area (Å²) in [5.74, 6) is 0. The second-order valence-corrected chi connectivity index (χ2v) is 8.71. The second-order valence-electron chi connectivity index (χ2n) is 8.71. The first-order valence-corrected chi connectivity index (χ1v) is 10.8. The molecule has 0 saturated carbocycles. The van der Waals surface area contributed by atoms with Crippen LogP contribution in [0.2, 0.25) is 0 Å². The van der Waals surface area contributed by atoms with E-state index in [0.29, 0.717) is 0 Å². The highest BCUT2D eigenvalue weighted by molar-refractivity contribution is 6.92. The van der Waals surface area contributed by atoms with E-state index in [1.165, 1.54) is 44.6 Å². The third-order valence-corrected chi connectivity index (χ3v) is 6.74. The maximum atomic E-state index is 4.90. The number of hydrogen-bond donors (Lipinski definition) is 0. The van der Waals surface area contributed by atoms with Crippen molar-refractivity contribution in [3.63, 3.8) is 0 Å². The molecule has 3 nitrogen and oxygen atoms in total. The predicted molar refractivity (Wildman–Crippen MR) is 126 cm³/mol. The smallest absolute Gasteiger partial charge is 0.332 e. The van der Waals surface area contributed by atoms with Crippen molar-refractivity contribution in [2.45, 2.75) is 40.5 Å². The third kappa shape index (κ3) is 2.28. The normalized spacial score (nSPS) is 16.0. The topological polar surface area (TPSA) is 29.0 Å². The number of rotatable bonds is 0. The van der Waals surface area contributed by atoms with Crippen molar-refractivity contribution in [2.24, 2.45) is 0 Å². The molecule has 0 bridgehead atoms. The highest BCUT2D eigenvalue weighted by atomic mass is 15.1. The summed E-state index contributed by atoms with van der Waals surface area (Å²) in [6, 6.07) is 13.4. The van der Waals surface area contributed by atoms with Gasteiger partial charge in [0.15, 0.2) is 0 Å². The lowest BCUT2D eigenvalue weighted by Gasteiger charge is -2.46. The summed E-state index contributed by atoms with van der Waals surface area (Å²) < 4.78 is 0. The van der Waals surface area contributed by atoms with E-state index >= 15 is 0 Å². The number of hydrogen-bond acceptors (Lipinski definition) is 3. The van der Waals surface area contributed by atoms with Crippen molar-refractivity contribution in [3.8, 4) is 11.1 Å². The molecule has 1 aromatic carbocycles. The number of nitrogens with zero attached hydrogens (tertiary/aromatic N) is 3. The summed E-state index contributed by atoms with van der Waals surface area (Å²) in [5, 5.41) is 0. The van der Waals surface area contributed by atoms with Crippen LogP contribution in [0.3, 0.4) is 0 Å². The molecule has 0 fully saturated rings. The van der Waals surface area contributed by atoms with Crippen LogP contribution in [0, 0.1) is 27.7 Å². The number of benzene rings is 1. The largest absolute Gasteiger partial charge is 0.379 e. The summed E-state index contributed by atoms with van der Waals surface area (Å²) in [6.45, 7) is 8.65. The van der Waals surface area contributed by atoms with Gasteiger partial charge in [0.1, 0.15) is 0 Å². The van der Waals surface area contributed by atoms with Gasteiger partial charge in [-0.05, 0) is 86.4 Å². The molecule has 30 heavy (non-hydrogen) atoms. The number of para-hydroxylation sites is 1. The maximum absolute atomic E-state index is 4.90. The molecule has 0 saturated heterocycles. The SMILES string of the molecule is Cc1cc2c(c(C)n1)B1c3c(cc(C)nc3C)-c3ccccc3N1C1=C2C=CCC1. The van der Waals surface area contributed by atoms with Crippen molar-refractivity contribution < 1.29 is 0 Å². The van der Waals surface area contributed by atoms with Crippen LogP contribution in [-0.4, -0.2) is 16.8 Å². The first-order valence-electron chi connectivity index (χ1n) is 10.8. The quantitative estimate of drug-likeness (QED) is 0.535. The Morgan fingerprint density at radius 2 is 1.50 bits per heavy atom. The molecule has 4 heterocycles. The number of anilines is 1. The van der Waals surface area contributed by atoms with Gasteiger partial charge in [0, 0.05) is 39.7 Å². The summed E-state index contributed by atoms with van der Waals surface area (Å²) >= 11 is 0. The van der Waals surface area contributed by atoms with Crippen molar-refractivity contribution in [2.75, 3.05) is 4.81 Å².